The van der Waals surface area contributed by atoms with Crippen LogP contribution in [0.15, 0.2) is 34.3 Å². The average Bonchev–Trinajstić information content (AvgIpc) is 2.14. The fourth-order valence-corrected chi connectivity index (χ4v) is 1.77. The summed E-state index contributed by atoms with van der Waals surface area (Å²) in [6, 6.07) is 5.04. The van der Waals surface area contributed by atoms with Crippen LogP contribution in [0, 0.1) is 0 Å². The smallest absolute Gasteiger partial charge is 0.253 e. The van der Waals surface area contributed by atoms with E-state index in [0.29, 0.717) is 15.6 Å². The summed E-state index contributed by atoms with van der Waals surface area (Å²) in [5.41, 5.74) is 0.415. The van der Waals surface area contributed by atoms with E-state index in [-0.39, 0.29) is 12.5 Å². The van der Waals surface area contributed by atoms with Gasteiger partial charge < -0.3 is 5.32 Å². The van der Waals surface area contributed by atoms with Crippen LogP contribution in [-0.4, -0.2) is 12.5 Å². The molecule has 2 nitrogen and oxygen atoms in total. The molecule has 1 N–H and O–H groups in total. The van der Waals surface area contributed by atoms with E-state index >= 15 is 0 Å². The minimum absolute atomic E-state index is 0.229. The summed E-state index contributed by atoms with van der Waals surface area (Å²) < 4.78 is 0.825. The molecule has 0 fully saturated rings. The summed E-state index contributed by atoms with van der Waals surface area (Å²) in [6.45, 7) is 3.70. The zero-order chi connectivity index (χ0) is 11.4. The highest BCUT2D eigenvalue weighted by Crippen LogP contribution is 2.21. The Bertz CT molecular complexity index is 406. The molecular formula is C10H8BrCl2NO. The van der Waals surface area contributed by atoms with Crippen LogP contribution in [-0.2, 0) is 0 Å². The van der Waals surface area contributed by atoms with Crippen molar-refractivity contribution in [2.24, 2.45) is 0 Å². The lowest BCUT2D eigenvalue weighted by molar-refractivity contribution is 0.0958. The Kier molecular flexibility index (Phi) is 4.64. The van der Waals surface area contributed by atoms with Crippen LogP contribution in [0.25, 0.3) is 0 Å². The predicted octanol–water partition coefficient (Wildman–Crippen LogP) is 3.58. The molecule has 0 aliphatic rings. The molecule has 0 aliphatic heterocycles. The van der Waals surface area contributed by atoms with Crippen molar-refractivity contribution in [1.29, 1.82) is 0 Å². The topological polar surface area (TPSA) is 29.1 Å². The predicted molar refractivity (Wildman–Crippen MR) is 66.5 cm³/mol. The van der Waals surface area contributed by atoms with E-state index in [0.717, 1.165) is 4.47 Å². The zero-order valence-corrected chi connectivity index (χ0v) is 10.8. The summed E-state index contributed by atoms with van der Waals surface area (Å²) in [7, 11) is 0. The fraction of sp³-hybridized carbons (Fsp3) is 0.100. The van der Waals surface area contributed by atoms with E-state index in [1.165, 1.54) is 0 Å². The molecule has 0 bridgehead atoms. The van der Waals surface area contributed by atoms with Gasteiger partial charge in [-0.2, -0.15) is 0 Å². The van der Waals surface area contributed by atoms with Crippen LogP contribution in [0.3, 0.4) is 0 Å². The van der Waals surface area contributed by atoms with E-state index < -0.39 is 0 Å². The third kappa shape index (κ3) is 3.86. The maximum absolute atomic E-state index is 11.6. The molecule has 15 heavy (non-hydrogen) atoms. The molecule has 0 spiro atoms. The van der Waals surface area contributed by atoms with Gasteiger partial charge in [0.25, 0.3) is 5.91 Å². The maximum Gasteiger partial charge on any atom is 0.253 e. The molecule has 0 radical (unpaired) electrons. The van der Waals surface area contributed by atoms with E-state index in [4.69, 9.17) is 23.2 Å². The van der Waals surface area contributed by atoms with Crippen molar-refractivity contribution >= 4 is 45.0 Å². The summed E-state index contributed by atoms with van der Waals surface area (Å²) in [6.07, 6.45) is 0. The van der Waals surface area contributed by atoms with Gasteiger partial charge in [0.1, 0.15) is 0 Å². The van der Waals surface area contributed by atoms with Gasteiger partial charge in [0, 0.05) is 9.51 Å². The first kappa shape index (κ1) is 12.6. The van der Waals surface area contributed by atoms with Crippen LogP contribution in [0.5, 0.6) is 0 Å². The van der Waals surface area contributed by atoms with Crippen LogP contribution in [0.2, 0.25) is 5.02 Å². The second kappa shape index (κ2) is 5.54. The number of carbonyl (C=O) groups is 1. The number of nitrogens with one attached hydrogen (secondary N) is 1. The van der Waals surface area contributed by atoms with Gasteiger partial charge in [-0.3, -0.25) is 4.79 Å². The van der Waals surface area contributed by atoms with Crippen molar-refractivity contribution in [3.63, 3.8) is 0 Å². The lowest BCUT2D eigenvalue weighted by Crippen LogP contribution is -2.24. The molecule has 0 saturated heterocycles. The SMILES string of the molecule is C=C(Cl)CNC(=O)c1ccc(Br)cc1Cl. The maximum atomic E-state index is 11.6. The number of amides is 1. The molecule has 0 atom stereocenters. The van der Waals surface area contributed by atoms with Gasteiger partial charge in [0.05, 0.1) is 17.1 Å². The average molecular weight is 309 g/mol. The summed E-state index contributed by atoms with van der Waals surface area (Å²) in [5, 5.41) is 3.35. The third-order valence-electron chi connectivity index (χ3n) is 1.62. The van der Waals surface area contributed by atoms with Crippen LogP contribution in [0.1, 0.15) is 10.4 Å². The standard InChI is InChI=1S/C10H8BrCl2NO/c1-6(12)5-14-10(15)8-3-2-7(11)4-9(8)13/h2-4H,1,5H2,(H,14,15). The van der Waals surface area contributed by atoms with E-state index in [2.05, 4.69) is 27.8 Å². The Hall–Kier alpha value is -0.510. The summed E-state index contributed by atoms with van der Waals surface area (Å²) >= 11 is 14.7. The largest absolute Gasteiger partial charge is 0.347 e. The van der Waals surface area contributed by atoms with Gasteiger partial charge in [-0.1, -0.05) is 45.7 Å². The second-order valence-corrected chi connectivity index (χ2v) is 4.68. The highest BCUT2D eigenvalue weighted by atomic mass is 79.9. The Labute approximate surface area is 106 Å². The number of hydrogen-bond acceptors (Lipinski definition) is 1. The van der Waals surface area contributed by atoms with Gasteiger partial charge in [-0.25, -0.2) is 0 Å². The first-order valence-corrected chi connectivity index (χ1v) is 5.62. The van der Waals surface area contributed by atoms with Crippen molar-refractivity contribution in [3.8, 4) is 0 Å². The zero-order valence-electron chi connectivity index (χ0n) is 7.69. The second-order valence-electron chi connectivity index (χ2n) is 2.82. The lowest BCUT2D eigenvalue weighted by Gasteiger charge is -2.05. The fourth-order valence-electron chi connectivity index (χ4n) is 0.945. The van der Waals surface area contributed by atoms with E-state index in [9.17, 15) is 4.79 Å². The molecule has 0 aromatic heterocycles. The molecule has 0 heterocycles. The molecule has 80 valence electrons. The summed E-state index contributed by atoms with van der Waals surface area (Å²) in [5.74, 6) is -0.269. The number of carbonyl (C=O) groups excluding carboxylic acids is 1. The van der Waals surface area contributed by atoms with E-state index in [1.54, 1.807) is 18.2 Å². The number of halogens is 3. The Morgan fingerprint density at radius 3 is 2.73 bits per heavy atom. The molecule has 0 aliphatic carbocycles. The number of rotatable bonds is 3. The van der Waals surface area contributed by atoms with Gasteiger partial charge in [-0.05, 0) is 18.2 Å². The minimum Gasteiger partial charge on any atom is -0.347 e. The lowest BCUT2D eigenvalue weighted by atomic mass is 10.2. The third-order valence-corrected chi connectivity index (χ3v) is 2.56. The van der Waals surface area contributed by atoms with Crippen molar-refractivity contribution in [2.75, 3.05) is 6.54 Å². The normalized spacial score (nSPS) is 9.80. The summed E-state index contributed by atoms with van der Waals surface area (Å²) in [4.78, 5) is 11.6. The first-order chi connectivity index (χ1) is 7.00. The number of hydrogen-bond donors (Lipinski definition) is 1. The monoisotopic (exact) mass is 307 g/mol. The van der Waals surface area contributed by atoms with Crippen LogP contribution >= 0.6 is 39.1 Å². The van der Waals surface area contributed by atoms with Gasteiger partial charge in [-0.15, -0.1) is 0 Å². The molecule has 5 heteroatoms. The molecule has 1 aromatic rings. The molecule has 0 unspecified atom stereocenters. The van der Waals surface area contributed by atoms with Gasteiger partial charge >= 0.3 is 0 Å². The van der Waals surface area contributed by atoms with Crippen LogP contribution in [0.4, 0.5) is 0 Å². The molecule has 0 saturated carbocycles. The van der Waals surface area contributed by atoms with Crippen molar-refractivity contribution in [2.45, 2.75) is 0 Å². The van der Waals surface area contributed by atoms with Crippen molar-refractivity contribution in [3.05, 3.63) is 44.9 Å². The molecule has 1 aromatic carbocycles. The Morgan fingerprint density at radius 2 is 2.20 bits per heavy atom. The van der Waals surface area contributed by atoms with Gasteiger partial charge in [0.15, 0.2) is 0 Å². The first-order valence-electron chi connectivity index (χ1n) is 4.07. The number of benzene rings is 1. The quantitative estimate of drug-likeness (QED) is 0.908. The van der Waals surface area contributed by atoms with Crippen molar-refractivity contribution < 1.29 is 4.79 Å². The van der Waals surface area contributed by atoms with Gasteiger partial charge in [0.2, 0.25) is 0 Å². The van der Waals surface area contributed by atoms with Crippen LogP contribution < -0.4 is 5.32 Å². The Balaban J connectivity index is 2.78. The Morgan fingerprint density at radius 1 is 1.53 bits per heavy atom. The molecule has 1 rings (SSSR count). The van der Waals surface area contributed by atoms with E-state index in [1.807, 2.05) is 0 Å². The van der Waals surface area contributed by atoms with Crippen molar-refractivity contribution in [1.82, 2.24) is 5.32 Å². The minimum atomic E-state index is -0.269. The molecular weight excluding hydrogens is 301 g/mol. The molecule has 1 amide bonds. The highest BCUT2D eigenvalue weighted by Gasteiger charge is 2.09. The highest BCUT2D eigenvalue weighted by molar-refractivity contribution is 9.10.